The molecule has 8 nitrogen and oxygen atoms in total. The maximum Gasteiger partial charge on any atom is 0.290 e. The molecule has 0 radical (unpaired) electrons. The first-order chi connectivity index (χ1) is 12.2. The van der Waals surface area contributed by atoms with Crippen molar-refractivity contribution in [2.24, 2.45) is 0 Å². The van der Waals surface area contributed by atoms with Gasteiger partial charge >= 0.3 is 0 Å². The second kappa shape index (κ2) is 6.46. The van der Waals surface area contributed by atoms with E-state index < -0.39 is 0 Å². The number of carbonyl (C=O) groups excluding carboxylic acids is 1. The predicted molar refractivity (Wildman–Crippen MR) is 90.1 cm³/mol. The number of hydrogen-bond donors (Lipinski definition) is 2. The van der Waals surface area contributed by atoms with E-state index >= 15 is 0 Å². The van der Waals surface area contributed by atoms with Gasteiger partial charge in [-0.2, -0.15) is 0 Å². The first kappa shape index (κ1) is 15.5. The highest BCUT2D eigenvalue weighted by molar-refractivity contribution is 5.95. The number of anilines is 1. The normalized spacial score (nSPS) is 18.9. The monoisotopic (exact) mass is 342 g/mol. The van der Waals surface area contributed by atoms with Crippen LogP contribution in [0.4, 0.5) is 5.82 Å². The van der Waals surface area contributed by atoms with Crippen LogP contribution in [-0.4, -0.2) is 41.8 Å². The van der Waals surface area contributed by atoms with Gasteiger partial charge in [-0.1, -0.05) is 0 Å². The van der Waals surface area contributed by atoms with Crippen LogP contribution in [0.1, 0.15) is 23.2 Å². The highest BCUT2D eigenvalue weighted by Crippen LogP contribution is 2.32. The Bertz CT molecular complexity index is 851. The SMILES string of the molecule is O=C(NC1CCCN(c2ncc[nH]c2=O)C1)c1ccc2c(c1)OCO2. The summed E-state index contributed by atoms with van der Waals surface area (Å²) in [4.78, 5) is 33.1. The molecule has 1 aromatic carbocycles. The fraction of sp³-hybridized carbons (Fsp3) is 0.353. The number of benzene rings is 1. The molecule has 1 aromatic heterocycles. The van der Waals surface area contributed by atoms with E-state index in [1.54, 1.807) is 24.4 Å². The van der Waals surface area contributed by atoms with Crippen LogP contribution in [0.2, 0.25) is 0 Å². The third-order valence-corrected chi connectivity index (χ3v) is 4.38. The molecule has 1 saturated heterocycles. The van der Waals surface area contributed by atoms with Crippen LogP contribution in [0.25, 0.3) is 0 Å². The van der Waals surface area contributed by atoms with E-state index in [0.29, 0.717) is 29.4 Å². The second-order valence-corrected chi connectivity index (χ2v) is 6.07. The van der Waals surface area contributed by atoms with E-state index in [2.05, 4.69) is 15.3 Å². The zero-order chi connectivity index (χ0) is 17.2. The van der Waals surface area contributed by atoms with Crippen LogP contribution < -0.4 is 25.2 Å². The summed E-state index contributed by atoms with van der Waals surface area (Å²) in [6, 6.07) is 5.08. The number of nitrogens with zero attached hydrogens (tertiary/aromatic N) is 2. The Kier molecular flexibility index (Phi) is 4.01. The van der Waals surface area contributed by atoms with Gasteiger partial charge in [-0.3, -0.25) is 9.59 Å². The average molecular weight is 342 g/mol. The number of piperidine rings is 1. The maximum absolute atomic E-state index is 12.5. The highest BCUT2D eigenvalue weighted by Gasteiger charge is 2.25. The Labute approximate surface area is 143 Å². The van der Waals surface area contributed by atoms with Gasteiger partial charge in [-0.15, -0.1) is 0 Å². The minimum Gasteiger partial charge on any atom is -0.454 e. The summed E-state index contributed by atoms with van der Waals surface area (Å²) in [5.74, 6) is 1.46. The molecular weight excluding hydrogens is 324 g/mol. The molecule has 25 heavy (non-hydrogen) atoms. The summed E-state index contributed by atoms with van der Waals surface area (Å²) < 4.78 is 10.6. The Balaban J connectivity index is 1.44. The number of ether oxygens (including phenoxy) is 2. The van der Waals surface area contributed by atoms with Crippen molar-refractivity contribution in [1.29, 1.82) is 0 Å². The molecule has 2 N–H and O–H groups in total. The van der Waals surface area contributed by atoms with Gasteiger partial charge in [-0.05, 0) is 31.0 Å². The fourth-order valence-corrected chi connectivity index (χ4v) is 3.16. The minimum atomic E-state index is -0.217. The number of carbonyl (C=O) groups is 1. The lowest BCUT2D eigenvalue weighted by Crippen LogP contribution is -2.49. The van der Waals surface area contributed by atoms with Crippen molar-refractivity contribution in [3.63, 3.8) is 0 Å². The molecule has 2 aliphatic heterocycles. The standard InChI is InChI=1S/C17H18N4O4/c22-16(11-3-4-13-14(8-11)25-10-24-13)20-12-2-1-7-21(9-12)15-17(23)19-6-5-18-15/h3-6,8,12H,1-2,7,9-10H2,(H,19,23)(H,20,22). The van der Waals surface area contributed by atoms with Crippen LogP contribution in [-0.2, 0) is 0 Å². The van der Waals surface area contributed by atoms with Crippen molar-refractivity contribution < 1.29 is 14.3 Å². The van der Waals surface area contributed by atoms with Crippen molar-refractivity contribution in [3.8, 4) is 11.5 Å². The molecule has 4 rings (SSSR count). The summed E-state index contributed by atoms with van der Waals surface area (Å²) in [5, 5.41) is 3.03. The Hall–Kier alpha value is -3.03. The molecular formula is C17H18N4O4. The second-order valence-electron chi connectivity index (χ2n) is 6.07. The van der Waals surface area contributed by atoms with Gasteiger partial charge in [0.05, 0.1) is 0 Å². The Morgan fingerprint density at radius 1 is 1.32 bits per heavy atom. The smallest absolute Gasteiger partial charge is 0.290 e. The van der Waals surface area contributed by atoms with Crippen molar-refractivity contribution >= 4 is 11.7 Å². The van der Waals surface area contributed by atoms with Crippen molar-refractivity contribution in [2.45, 2.75) is 18.9 Å². The van der Waals surface area contributed by atoms with Gasteiger partial charge < -0.3 is 24.7 Å². The van der Waals surface area contributed by atoms with E-state index in [0.717, 1.165) is 19.4 Å². The summed E-state index contributed by atoms with van der Waals surface area (Å²) in [6.45, 7) is 1.48. The molecule has 3 heterocycles. The lowest BCUT2D eigenvalue weighted by atomic mass is 10.0. The number of nitrogens with one attached hydrogen (secondary N) is 2. The lowest BCUT2D eigenvalue weighted by Gasteiger charge is -2.33. The first-order valence-electron chi connectivity index (χ1n) is 8.20. The van der Waals surface area contributed by atoms with Gasteiger partial charge in [0, 0.05) is 37.1 Å². The molecule has 2 aliphatic rings. The van der Waals surface area contributed by atoms with Crippen LogP contribution in [0.3, 0.4) is 0 Å². The third-order valence-electron chi connectivity index (χ3n) is 4.38. The van der Waals surface area contributed by atoms with E-state index in [4.69, 9.17) is 9.47 Å². The van der Waals surface area contributed by atoms with Gasteiger partial charge in [0.25, 0.3) is 11.5 Å². The third kappa shape index (κ3) is 3.15. The number of aromatic amines is 1. The number of amides is 1. The van der Waals surface area contributed by atoms with Crippen LogP contribution in [0, 0.1) is 0 Å². The fourth-order valence-electron chi connectivity index (χ4n) is 3.16. The van der Waals surface area contributed by atoms with Crippen LogP contribution >= 0.6 is 0 Å². The molecule has 0 spiro atoms. The average Bonchev–Trinajstić information content (AvgIpc) is 3.10. The summed E-state index contributed by atoms with van der Waals surface area (Å²) in [6.07, 6.45) is 4.81. The number of aromatic nitrogens is 2. The van der Waals surface area contributed by atoms with Gasteiger partial charge in [0.1, 0.15) is 0 Å². The number of rotatable bonds is 3. The van der Waals surface area contributed by atoms with Gasteiger partial charge in [0.2, 0.25) is 6.79 Å². The van der Waals surface area contributed by atoms with Gasteiger partial charge in [-0.25, -0.2) is 4.98 Å². The summed E-state index contributed by atoms with van der Waals surface area (Å²) in [5.41, 5.74) is 0.308. The quantitative estimate of drug-likeness (QED) is 0.860. The molecule has 0 aliphatic carbocycles. The molecule has 0 bridgehead atoms. The topological polar surface area (TPSA) is 96.6 Å². The van der Waals surface area contributed by atoms with Gasteiger partial charge in [0.15, 0.2) is 17.3 Å². The summed E-state index contributed by atoms with van der Waals surface area (Å²) in [7, 11) is 0. The van der Waals surface area contributed by atoms with Crippen LogP contribution in [0.15, 0.2) is 35.4 Å². The number of H-pyrrole nitrogens is 1. The zero-order valence-corrected chi connectivity index (χ0v) is 13.5. The number of fused-ring (bicyclic) bond motifs is 1. The Morgan fingerprint density at radius 3 is 3.08 bits per heavy atom. The summed E-state index contributed by atoms with van der Waals surface area (Å²) >= 11 is 0. The Morgan fingerprint density at radius 2 is 2.20 bits per heavy atom. The van der Waals surface area contributed by atoms with Crippen LogP contribution in [0.5, 0.6) is 11.5 Å². The maximum atomic E-state index is 12.5. The molecule has 1 amide bonds. The predicted octanol–water partition coefficient (Wildman–Crippen LogP) is 0.897. The van der Waals surface area contributed by atoms with Crippen molar-refractivity contribution in [3.05, 3.63) is 46.5 Å². The van der Waals surface area contributed by atoms with E-state index in [9.17, 15) is 9.59 Å². The first-order valence-corrected chi connectivity index (χ1v) is 8.20. The molecule has 130 valence electrons. The number of hydrogen-bond acceptors (Lipinski definition) is 6. The molecule has 2 aromatic rings. The molecule has 1 fully saturated rings. The largest absolute Gasteiger partial charge is 0.454 e. The lowest BCUT2D eigenvalue weighted by molar-refractivity contribution is 0.0932. The molecule has 0 saturated carbocycles. The van der Waals surface area contributed by atoms with Crippen molar-refractivity contribution in [1.82, 2.24) is 15.3 Å². The molecule has 8 heteroatoms. The van der Waals surface area contributed by atoms with E-state index in [1.165, 1.54) is 6.20 Å². The zero-order valence-electron chi connectivity index (χ0n) is 13.5. The van der Waals surface area contributed by atoms with E-state index in [-0.39, 0.29) is 24.3 Å². The molecule has 1 unspecified atom stereocenters. The minimum absolute atomic E-state index is 0.0481. The van der Waals surface area contributed by atoms with Crippen molar-refractivity contribution in [2.75, 3.05) is 24.8 Å². The van der Waals surface area contributed by atoms with E-state index in [1.807, 2.05) is 4.90 Å². The highest BCUT2D eigenvalue weighted by atomic mass is 16.7. The molecule has 1 atom stereocenters.